The summed E-state index contributed by atoms with van der Waals surface area (Å²) in [6, 6.07) is 4.13. The standard InChI is InChI=1S/C23H22O8/c1-11(2)6-7-14-16(29-12(3)24)10-20-21(22(14)26)23(27)15-8-18(28-5)19(30-13(4)25)9-17(15)31-20/h6,8-10,26H,7H2,1-5H3. The average Bonchev–Trinajstić information content (AvgIpc) is 2.66. The predicted octanol–water partition coefficient (Wildman–Crippen LogP) is 4.02. The van der Waals surface area contributed by atoms with Gasteiger partial charge in [-0.2, -0.15) is 0 Å². The number of hydrogen-bond acceptors (Lipinski definition) is 8. The van der Waals surface area contributed by atoms with Crippen LogP contribution < -0.4 is 19.6 Å². The van der Waals surface area contributed by atoms with E-state index in [0.29, 0.717) is 5.56 Å². The summed E-state index contributed by atoms with van der Waals surface area (Å²) in [6.45, 7) is 6.24. The van der Waals surface area contributed by atoms with Gasteiger partial charge in [-0.05, 0) is 26.3 Å². The second-order valence-corrected chi connectivity index (χ2v) is 7.18. The lowest BCUT2D eigenvalue weighted by Gasteiger charge is -2.14. The summed E-state index contributed by atoms with van der Waals surface area (Å²) in [5.74, 6) is -1.15. The second kappa shape index (κ2) is 8.51. The van der Waals surface area contributed by atoms with Gasteiger partial charge in [0.05, 0.1) is 12.5 Å². The van der Waals surface area contributed by atoms with E-state index in [1.54, 1.807) is 0 Å². The van der Waals surface area contributed by atoms with Crippen LogP contribution in [0, 0.1) is 0 Å². The fourth-order valence-electron chi connectivity index (χ4n) is 3.16. The van der Waals surface area contributed by atoms with Crippen molar-refractivity contribution in [3.63, 3.8) is 0 Å². The lowest BCUT2D eigenvalue weighted by molar-refractivity contribution is -0.132. The van der Waals surface area contributed by atoms with Crippen molar-refractivity contribution in [2.75, 3.05) is 7.11 Å². The Labute approximate surface area is 177 Å². The van der Waals surface area contributed by atoms with Crippen molar-refractivity contribution in [3.05, 3.63) is 45.6 Å². The smallest absolute Gasteiger partial charge is 0.308 e. The van der Waals surface area contributed by atoms with E-state index in [9.17, 15) is 19.5 Å². The number of methoxy groups -OCH3 is 1. The molecule has 0 saturated carbocycles. The minimum atomic E-state index is -0.581. The Kier molecular flexibility index (Phi) is 6.01. The summed E-state index contributed by atoms with van der Waals surface area (Å²) in [4.78, 5) is 36.2. The van der Waals surface area contributed by atoms with Gasteiger partial charge < -0.3 is 23.7 Å². The van der Waals surface area contributed by atoms with Crippen LogP contribution in [0.2, 0.25) is 0 Å². The van der Waals surface area contributed by atoms with E-state index in [2.05, 4.69) is 0 Å². The topological polar surface area (TPSA) is 112 Å². The van der Waals surface area contributed by atoms with Crippen LogP contribution in [0.1, 0.15) is 33.3 Å². The van der Waals surface area contributed by atoms with E-state index in [1.165, 1.54) is 39.2 Å². The molecular weight excluding hydrogens is 404 g/mol. The van der Waals surface area contributed by atoms with Gasteiger partial charge in [0.15, 0.2) is 11.5 Å². The Morgan fingerprint density at radius 3 is 2.16 bits per heavy atom. The first-order valence-corrected chi connectivity index (χ1v) is 9.46. The summed E-state index contributed by atoms with van der Waals surface area (Å²) in [5, 5.41) is 11.0. The summed E-state index contributed by atoms with van der Waals surface area (Å²) in [5.41, 5.74) is 0.903. The zero-order valence-electron chi connectivity index (χ0n) is 17.8. The molecule has 0 atom stereocenters. The molecule has 0 aliphatic carbocycles. The number of hydrogen-bond donors (Lipinski definition) is 1. The van der Waals surface area contributed by atoms with E-state index >= 15 is 0 Å². The van der Waals surface area contributed by atoms with Crippen LogP contribution in [0.4, 0.5) is 0 Å². The fourth-order valence-corrected chi connectivity index (χ4v) is 3.16. The molecule has 0 aliphatic heterocycles. The molecule has 3 rings (SSSR count). The minimum absolute atomic E-state index is 0.0196. The maximum atomic E-state index is 13.2. The Bertz CT molecular complexity index is 1290. The van der Waals surface area contributed by atoms with E-state index < -0.39 is 17.4 Å². The lowest BCUT2D eigenvalue weighted by atomic mass is 10.0. The maximum Gasteiger partial charge on any atom is 0.308 e. The lowest BCUT2D eigenvalue weighted by Crippen LogP contribution is -2.09. The summed E-state index contributed by atoms with van der Waals surface area (Å²) >= 11 is 0. The molecule has 1 heterocycles. The zero-order valence-corrected chi connectivity index (χ0v) is 17.8. The monoisotopic (exact) mass is 426 g/mol. The van der Waals surface area contributed by atoms with Crippen LogP contribution in [-0.2, 0) is 16.0 Å². The van der Waals surface area contributed by atoms with E-state index in [4.69, 9.17) is 18.6 Å². The van der Waals surface area contributed by atoms with Gasteiger partial charge in [0, 0.05) is 31.5 Å². The molecule has 0 amide bonds. The first-order chi connectivity index (χ1) is 14.6. The number of phenols is 1. The molecule has 8 nitrogen and oxygen atoms in total. The first-order valence-electron chi connectivity index (χ1n) is 9.46. The van der Waals surface area contributed by atoms with Crippen LogP contribution >= 0.6 is 0 Å². The van der Waals surface area contributed by atoms with Crippen molar-refractivity contribution in [1.29, 1.82) is 0 Å². The number of esters is 2. The molecule has 2 aromatic carbocycles. The molecule has 0 fully saturated rings. The van der Waals surface area contributed by atoms with Gasteiger partial charge in [-0.25, -0.2) is 0 Å². The third kappa shape index (κ3) is 4.37. The summed E-state index contributed by atoms with van der Waals surface area (Å²) in [6.07, 6.45) is 2.09. The first kappa shape index (κ1) is 21.9. The highest BCUT2D eigenvalue weighted by molar-refractivity contribution is 5.96. The van der Waals surface area contributed by atoms with Crippen LogP contribution in [0.25, 0.3) is 21.9 Å². The summed E-state index contributed by atoms with van der Waals surface area (Å²) in [7, 11) is 1.37. The SMILES string of the molecule is COc1cc2c(=O)c3c(O)c(CC=C(C)C)c(OC(C)=O)cc3oc2cc1OC(C)=O. The Balaban J connectivity index is 2.38. The van der Waals surface area contributed by atoms with Crippen LogP contribution in [0.3, 0.4) is 0 Å². The zero-order chi connectivity index (χ0) is 22.9. The molecule has 3 aromatic rings. The van der Waals surface area contributed by atoms with E-state index in [1.807, 2.05) is 19.9 Å². The van der Waals surface area contributed by atoms with Gasteiger partial charge >= 0.3 is 11.9 Å². The van der Waals surface area contributed by atoms with Crippen molar-refractivity contribution in [1.82, 2.24) is 0 Å². The highest BCUT2D eigenvalue weighted by atomic mass is 16.6. The van der Waals surface area contributed by atoms with Crippen molar-refractivity contribution in [2.24, 2.45) is 0 Å². The Morgan fingerprint density at radius 1 is 0.968 bits per heavy atom. The third-order valence-electron chi connectivity index (χ3n) is 4.51. The number of phenolic OH excluding ortho intramolecular Hbond substituents is 1. The Hall–Kier alpha value is -3.81. The van der Waals surface area contributed by atoms with E-state index in [-0.39, 0.29) is 51.4 Å². The second-order valence-electron chi connectivity index (χ2n) is 7.18. The molecule has 0 aliphatic rings. The molecular formula is C23H22O8. The van der Waals surface area contributed by atoms with Gasteiger partial charge in [0.1, 0.15) is 28.1 Å². The van der Waals surface area contributed by atoms with Gasteiger partial charge in [0.25, 0.3) is 0 Å². The quantitative estimate of drug-likeness (QED) is 0.282. The molecule has 1 N–H and O–H groups in total. The number of allylic oxidation sites excluding steroid dienone is 2. The minimum Gasteiger partial charge on any atom is -0.507 e. The number of aromatic hydroxyl groups is 1. The average molecular weight is 426 g/mol. The fraction of sp³-hybridized carbons (Fsp3) is 0.261. The van der Waals surface area contributed by atoms with Crippen molar-refractivity contribution < 1.29 is 33.3 Å². The molecule has 0 unspecified atom stereocenters. The van der Waals surface area contributed by atoms with Crippen LogP contribution in [-0.4, -0.2) is 24.2 Å². The molecule has 1 aromatic heterocycles. The molecule has 0 radical (unpaired) electrons. The number of carbonyl (C=O) groups is 2. The molecule has 0 saturated heterocycles. The van der Waals surface area contributed by atoms with Gasteiger partial charge in [-0.3, -0.25) is 14.4 Å². The van der Waals surface area contributed by atoms with Crippen molar-refractivity contribution in [3.8, 4) is 23.0 Å². The van der Waals surface area contributed by atoms with Crippen molar-refractivity contribution in [2.45, 2.75) is 34.1 Å². The summed E-state index contributed by atoms with van der Waals surface area (Å²) < 4.78 is 21.4. The highest BCUT2D eigenvalue weighted by Gasteiger charge is 2.22. The predicted molar refractivity (Wildman–Crippen MR) is 114 cm³/mol. The van der Waals surface area contributed by atoms with Crippen LogP contribution in [0.15, 0.2) is 39.1 Å². The molecule has 8 heteroatoms. The molecule has 0 spiro atoms. The van der Waals surface area contributed by atoms with Crippen LogP contribution in [0.5, 0.6) is 23.0 Å². The third-order valence-corrected chi connectivity index (χ3v) is 4.51. The van der Waals surface area contributed by atoms with Crippen molar-refractivity contribution >= 4 is 33.9 Å². The molecule has 162 valence electrons. The normalized spacial score (nSPS) is 10.7. The van der Waals surface area contributed by atoms with Gasteiger partial charge in [0.2, 0.25) is 5.43 Å². The highest BCUT2D eigenvalue weighted by Crippen LogP contribution is 2.39. The number of carbonyl (C=O) groups excluding carboxylic acids is 2. The number of ether oxygens (including phenoxy) is 3. The molecule has 0 bridgehead atoms. The number of fused-ring (bicyclic) bond motifs is 2. The largest absolute Gasteiger partial charge is 0.507 e. The number of benzene rings is 2. The van der Waals surface area contributed by atoms with E-state index in [0.717, 1.165) is 5.57 Å². The Morgan fingerprint density at radius 2 is 1.58 bits per heavy atom. The van der Waals surface area contributed by atoms with Gasteiger partial charge in [-0.15, -0.1) is 0 Å². The molecule has 31 heavy (non-hydrogen) atoms. The maximum absolute atomic E-state index is 13.2. The number of rotatable bonds is 5. The van der Waals surface area contributed by atoms with Gasteiger partial charge in [-0.1, -0.05) is 11.6 Å².